The minimum absolute atomic E-state index is 0.0161. The smallest absolute Gasteiger partial charge is 0.246 e. The Morgan fingerprint density at radius 2 is 1.93 bits per heavy atom. The van der Waals surface area contributed by atoms with Gasteiger partial charge in [0.15, 0.2) is 0 Å². The van der Waals surface area contributed by atoms with E-state index in [4.69, 9.17) is 21.6 Å². The van der Waals surface area contributed by atoms with Crippen LogP contribution in [0, 0.1) is 5.82 Å². The van der Waals surface area contributed by atoms with Crippen molar-refractivity contribution in [2.45, 2.75) is 39.3 Å². The zero-order chi connectivity index (χ0) is 30.1. The van der Waals surface area contributed by atoms with Crippen LogP contribution < -0.4 is 4.90 Å². The number of hydrogen-bond acceptors (Lipinski definition) is 6. The van der Waals surface area contributed by atoms with Crippen molar-refractivity contribution in [3.8, 4) is 11.3 Å². The van der Waals surface area contributed by atoms with Gasteiger partial charge in [-0.3, -0.25) is 4.79 Å². The van der Waals surface area contributed by atoms with Gasteiger partial charge < -0.3 is 19.6 Å². The first-order valence-electron chi connectivity index (χ1n) is 14.3. The third-order valence-electron chi connectivity index (χ3n) is 7.83. The van der Waals surface area contributed by atoms with Gasteiger partial charge in [0.2, 0.25) is 5.91 Å². The van der Waals surface area contributed by atoms with E-state index >= 15 is 0 Å². The SMILES string of the molecule is C=CC(=O)N1CCN(C2=NCN(c3ccc(CN(C)C)cc3C(C)C)c3nc(-c4ccccc4F)c(Cl)cc32)[C@@H](C)C1. The zero-order valence-electron chi connectivity index (χ0n) is 24.9. The van der Waals surface area contributed by atoms with E-state index in [1.807, 2.05) is 11.0 Å². The molecule has 1 aromatic heterocycles. The monoisotopic (exact) mass is 588 g/mol. The van der Waals surface area contributed by atoms with Gasteiger partial charge in [0, 0.05) is 43.5 Å². The van der Waals surface area contributed by atoms with Gasteiger partial charge in [-0.05, 0) is 68.4 Å². The molecular formula is C33H38ClFN6O. The first kappa shape index (κ1) is 29.7. The molecule has 7 nitrogen and oxygen atoms in total. The number of rotatable bonds is 6. The minimum atomic E-state index is -0.379. The van der Waals surface area contributed by atoms with E-state index in [1.54, 1.807) is 18.2 Å². The molecule has 1 fully saturated rings. The van der Waals surface area contributed by atoms with Crippen molar-refractivity contribution in [1.82, 2.24) is 19.7 Å². The van der Waals surface area contributed by atoms with E-state index < -0.39 is 0 Å². The van der Waals surface area contributed by atoms with Crippen molar-refractivity contribution in [3.05, 3.63) is 88.7 Å². The number of pyridine rings is 1. The second-order valence-electron chi connectivity index (χ2n) is 11.5. The normalized spacial score (nSPS) is 17.0. The fraction of sp³-hybridized carbons (Fsp3) is 0.364. The Kier molecular flexibility index (Phi) is 8.66. The van der Waals surface area contributed by atoms with Gasteiger partial charge >= 0.3 is 0 Å². The minimum Gasteiger partial charge on any atom is -0.350 e. The zero-order valence-corrected chi connectivity index (χ0v) is 25.7. The van der Waals surface area contributed by atoms with Crippen LogP contribution in [0.2, 0.25) is 5.02 Å². The van der Waals surface area contributed by atoms with Gasteiger partial charge in [-0.25, -0.2) is 14.4 Å². The Balaban J connectivity index is 1.63. The van der Waals surface area contributed by atoms with Crippen LogP contribution in [0.15, 0.2) is 66.2 Å². The van der Waals surface area contributed by atoms with Crippen molar-refractivity contribution in [3.63, 3.8) is 0 Å². The number of amidine groups is 1. The van der Waals surface area contributed by atoms with Gasteiger partial charge in [-0.2, -0.15) is 0 Å². The second kappa shape index (κ2) is 12.2. The summed E-state index contributed by atoms with van der Waals surface area (Å²) in [5, 5.41) is 0.354. The number of nitrogens with zero attached hydrogens (tertiary/aromatic N) is 6. The Hall–Kier alpha value is -3.75. The lowest BCUT2D eigenvalue weighted by Gasteiger charge is -2.43. The number of anilines is 2. The summed E-state index contributed by atoms with van der Waals surface area (Å²) in [5.74, 6) is 1.27. The molecule has 42 heavy (non-hydrogen) atoms. The lowest BCUT2D eigenvalue weighted by Crippen LogP contribution is -2.56. The van der Waals surface area contributed by atoms with Gasteiger partial charge in [-0.1, -0.05) is 56.3 Å². The number of benzene rings is 2. The number of fused-ring (bicyclic) bond motifs is 1. The summed E-state index contributed by atoms with van der Waals surface area (Å²) < 4.78 is 15.0. The molecular weight excluding hydrogens is 551 g/mol. The second-order valence-corrected chi connectivity index (χ2v) is 11.9. The Morgan fingerprint density at radius 1 is 1.17 bits per heavy atom. The van der Waals surface area contributed by atoms with Gasteiger partial charge in [0.25, 0.3) is 0 Å². The highest BCUT2D eigenvalue weighted by Crippen LogP contribution is 2.41. The first-order chi connectivity index (χ1) is 20.1. The van der Waals surface area contributed by atoms with E-state index in [2.05, 4.69) is 74.3 Å². The molecule has 3 aromatic rings. The number of piperazine rings is 1. The van der Waals surface area contributed by atoms with Crippen molar-refractivity contribution in [2.24, 2.45) is 4.99 Å². The summed E-state index contributed by atoms with van der Waals surface area (Å²) >= 11 is 6.85. The largest absolute Gasteiger partial charge is 0.350 e. The van der Waals surface area contributed by atoms with Crippen molar-refractivity contribution >= 4 is 34.8 Å². The lowest BCUT2D eigenvalue weighted by molar-refractivity contribution is -0.128. The van der Waals surface area contributed by atoms with Crippen LogP contribution in [0.1, 0.15) is 43.4 Å². The van der Waals surface area contributed by atoms with Crippen LogP contribution >= 0.6 is 11.6 Å². The molecule has 0 bridgehead atoms. The van der Waals surface area contributed by atoms with Crippen LogP contribution in [0.25, 0.3) is 11.3 Å². The average Bonchev–Trinajstić information content (AvgIpc) is 2.96. The van der Waals surface area contributed by atoms with E-state index in [9.17, 15) is 9.18 Å². The molecule has 2 aromatic carbocycles. The Morgan fingerprint density at radius 3 is 2.60 bits per heavy atom. The fourth-order valence-corrected chi connectivity index (χ4v) is 6.05. The van der Waals surface area contributed by atoms with E-state index in [1.165, 1.54) is 23.3 Å². The number of aliphatic imine (C=N–C) groups is 1. The summed E-state index contributed by atoms with van der Waals surface area (Å²) in [7, 11) is 4.12. The summed E-state index contributed by atoms with van der Waals surface area (Å²) in [5.41, 5.74) is 4.96. The number of halogens is 2. The molecule has 2 aliphatic rings. The highest BCUT2D eigenvalue weighted by Gasteiger charge is 2.34. The molecule has 3 heterocycles. The van der Waals surface area contributed by atoms with Crippen molar-refractivity contribution in [2.75, 3.05) is 45.3 Å². The molecule has 1 atom stereocenters. The van der Waals surface area contributed by atoms with Crippen LogP contribution in [0.3, 0.4) is 0 Å². The lowest BCUT2D eigenvalue weighted by atomic mass is 9.97. The molecule has 0 aliphatic carbocycles. The highest BCUT2D eigenvalue weighted by molar-refractivity contribution is 6.33. The molecule has 1 amide bonds. The molecule has 9 heteroatoms. The highest BCUT2D eigenvalue weighted by atomic mass is 35.5. The quantitative estimate of drug-likeness (QED) is 0.316. The number of aromatic nitrogens is 1. The molecule has 1 saturated heterocycles. The molecule has 5 rings (SSSR count). The van der Waals surface area contributed by atoms with Crippen molar-refractivity contribution < 1.29 is 9.18 Å². The van der Waals surface area contributed by atoms with E-state index in [-0.39, 0.29) is 23.7 Å². The molecule has 0 saturated carbocycles. The standard InChI is InChI=1S/C33H38ClFN6O/c1-7-30(42)39-14-15-40(22(4)18-39)32-26-17-27(34)31(24-10-8-9-11-28(24)35)37-33(26)41(20-36-32)29-13-12-23(19-38(5)6)16-25(29)21(2)3/h7-13,16-17,21-22H,1,14-15,18-20H2,2-6H3/t22-/m0/s1. The van der Waals surface area contributed by atoms with Gasteiger partial charge in [-0.15, -0.1) is 0 Å². The first-order valence-corrected chi connectivity index (χ1v) is 14.7. The van der Waals surface area contributed by atoms with Crippen molar-refractivity contribution in [1.29, 1.82) is 0 Å². The molecule has 0 N–H and O–H groups in total. The molecule has 0 radical (unpaired) electrons. The van der Waals surface area contributed by atoms with Crippen LogP contribution in [0.4, 0.5) is 15.9 Å². The van der Waals surface area contributed by atoms with E-state index in [0.717, 1.165) is 23.6 Å². The predicted octanol–water partition coefficient (Wildman–Crippen LogP) is 6.30. The van der Waals surface area contributed by atoms with E-state index in [0.29, 0.717) is 48.4 Å². The molecule has 2 aliphatic heterocycles. The Labute approximate surface area is 252 Å². The van der Waals surface area contributed by atoms with Crippen LogP contribution in [-0.2, 0) is 11.3 Å². The topological polar surface area (TPSA) is 55.3 Å². The molecule has 220 valence electrons. The number of carbonyl (C=O) groups excluding carboxylic acids is 1. The fourth-order valence-electron chi connectivity index (χ4n) is 5.79. The predicted molar refractivity (Wildman–Crippen MR) is 169 cm³/mol. The number of amides is 1. The summed E-state index contributed by atoms with van der Waals surface area (Å²) in [6.07, 6.45) is 1.36. The maximum atomic E-state index is 15.0. The Bertz CT molecular complexity index is 1540. The third kappa shape index (κ3) is 5.78. The average molecular weight is 589 g/mol. The van der Waals surface area contributed by atoms with Gasteiger partial charge in [0.05, 0.1) is 16.3 Å². The van der Waals surface area contributed by atoms with Crippen LogP contribution in [0.5, 0.6) is 0 Å². The molecule has 0 spiro atoms. The third-order valence-corrected chi connectivity index (χ3v) is 8.12. The number of carbonyl (C=O) groups is 1. The van der Waals surface area contributed by atoms with Gasteiger partial charge in [0.1, 0.15) is 24.1 Å². The summed E-state index contributed by atoms with van der Waals surface area (Å²) in [6.45, 7) is 13.0. The maximum absolute atomic E-state index is 15.0. The number of hydrogen-bond donors (Lipinski definition) is 0. The van der Waals surface area contributed by atoms with Crippen LogP contribution in [-0.4, -0.2) is 77.9 Å². The molecule has 0 unspecified atom stereocenters. The summed E-state index contributed by atoms with van der Waals surface area (Å²) in [4.78, 5) is 30.7. The summed E-state index contributed by atoms with van der Waals surface area (Å²) in [6, 6.07) is 15.0. The maximum Gasteiger partial charge on any atom is 0.246 e.